The molecule has 2 rings (SSSR count). The second-order valence-electron chi connectivity index (χ2n) is 5.49. The summed E-state index contributed by atoms with van der Waals surface area (Å²) >= 11 is 0. The summed E-state index contributed by atoms with van der Waals surface area (Å²) in [5.41, 5.74) is 6.17. The molecule has 5 heteroatoms. The van der Waals surface area contributed by atoms with Gasteiger partial charge in [-0.05, 0) is 31.0 Å². The molecule has 0 radical (unpaired) electrons. The molecule has 20 heavy (non-hydrogen) atoms. The number of hydrogen-bond donors (Lipinski definition) is 3. The molecule has 0 spiro atoms. The minimum Gasteiger partial charge on any atom is -0.507 e. The summed E-state index contributed by atoms with van der Waals surface area (Å²) in [5, 5.41) is 12.6. The van der Waals surface area contributed by atoms with Crippen LogP contribution in [0.2, 0.25) is 0 Å². The van der Waals surface area contributed by atoms with Crippen molar-refractivity contribution in [3.8, 4) is 11.5 Å². The SMILES string of the molecule is COc1ccc(O)c(C(=O)NCC2(N)CCCCC2)c1. The number of ether oxygens (including phenoxy) is 1. The number of carbonyl (C=O) groups is 1. The molecule has 0 aliphatic heterocycles. The summed E-state index contributed by atoms with van der Waals surface area (Å²) in [6.45, 7) is 0.433. The van der Waals surface area contributed by atoms with Crippen LogP contribution in [0.4, 0.5) is 0 Å². The van der Waals surface area contributed by atoms with Crippen LogP contribution < -0.4 is 15.8 Å². The molecule has 0 bridgehead atoms. The molecule has 1 aromatic rings. The molecule has 1 fully saturated rings. The van der Waals surface area contributed by atoms with Crippen molar-refractivity contribution < 1.29 is 14.6 Å². The maximum absolute atomic E-state index is 12.1. The molecular formula is C15H22N2O3. The molecule has 0 saturated heterocycles. The number of carbonyl (C=O) groups excluding carboxylic acids is 1. The van der Waals surface area contributed by atoms with Gasteiger partial charge in [-0.2, -0.15) is 0 Å². The van der Waals surface area contributed by atoms with Crippen LogP contribution in [0.15, 0.2) is 18.2 Å². The number of methoxy groups -OCH3 is 1. The molecule has 1 amide bonds. The molecule has 0 heterocycles. The Balaban J connectivity index is 2.01. The van der Waals surface area contributed by atoms with Crippen molar-refractivity contribution in [2.24, 2.45) is 5.73 Å². The Bertz CT molecular complexity index is 482. The third-order valence-electron chi connectivity index (χ3n) is 3.90. The summed E-state index contributed by atoms with van der Waals surface area (Å²) in [6.07, 6.45) is 5.28. The normalized spacial score (nSPS) is 17.5. The van der Waals surface area contributed by atoms with Crippen molar-refractivity contribution in [3.05, 3.63) is 23.8 Å². The lowest BCUT2D eigenvalue weighted by Crippen LogP contribution is -2.51. The number of nitrogens with two attached hydrogens (primary N) is 1. The maximum Gasteiger partial charge on any atom is 0.255 e. The number of rotatable bonds is 4. The lowest BCUT2D eigenvalue weighted by molar-refractivity contribution is 0.0934. The fourth-order valence-corrected chi connectivity index (χ4v) is 2.61. The monoisotopic (exact) mass is 278 g/mol. The van der Waals surface area contributed by atoms with Crippen LogP contribution in [-0.4, -0.2) is 30.2 Å². The van der Waals surface area contributed by atoms with E-state index in [4.69, 9.17) is 10.5 Å². The molecule has 0 atom stereocenters. The number of phenolic OH excluding ortho intramolecular Hbond substituents is 1. The maximum atomic E-state index is 12.1. The quantitative estimate of drug-likeness (QED) is 0.784. The van der Waals surface area contributed by atoms with E-state index in [0.717, 1.165) is 25.7 Å². The first-order chi connectivity index (χ1) is 9.54. The van der Waals surface area contributed by atoms with Crippen LogP contribution >= 0.6 is 0 Å². The van der Waals surface area contributed by atoms with Gasteiger partial charge in [0.25, 0.3) is 5.91 Å². The summed E-state index contributed by atoms with van der Waals surface area (Å²) in [6, 6.07) is 4.58. The molecule has 5 nitrogen and oxygen atoms in total. The van der Waals surface area contributed by atoms with Gasteiger partial charge in [-0.15, -0.1) is 0 Å². The van der Waals surface area contributed by atoms with Crippen LogP contribution in [0.1, 0.15) is 42.5 Å². The molecule has 1 saturated carbocycles. The third kappa shape index (κ3) is 3.42. The molecule has 4 N–H and O–H groups in total. The van der Waals surface area contributed by atoms with Gasteiger partial charge >= 0.3 is 0 Å². The van der Waals surface area contributed by atoms with Gasteiger partial charge in [0, 0.05) is 12.1 Å². The summed E-state index contributed by atoms with van der Waals surface area (Å²) in [5.74, 6) is 0.155. The predicted octanol–water partition coefficient (Wildman–Crippen LogP) is 1.79. The van der Waals surface area contributed by atoms with Crippen molar-refractivity contribution in [3.63, 3.8) is 0 Å². The Morgan fingerprint density at radius 1 is 1.40 bits per heavy atom. The summed E-state index contributed by atoms with van der Waals surface area (Å²) in [4.78, 5) is 12.1. The zero-order chi connectivity index (χ0) is 14.6. The van der Waals surface area contributed by atoms with E-state index in [1.54, 1.807) is 6.07 Å². The van der Waals surface area contributed by atoms with Gasteiger partial charge in [-0.1, -0.05) is 19.3 Å². The second-order valence-corrected chi connectivity index (χ2v) is 5.49. The standard InChI is InChI=1S/C15H22N2O3/c1-20-11-5-6-13(18)12(9-11)14(19)17-10-15(16)7-3-2-4-8-15/h5-6,9,18H,2-4,7-8,10,16H2,1H3,(H,17,19). The molecule has 0 unspecified atom stereocenters. The van der Waals surface area contributed by atoms with Gasteiger partial charge in [0.2, 0.25) is 0 Å². The van der Waals surface area contributed by atoms with Crippen molar-refractivity contribution in [2.75, 3.05) is 13.7 Å². The van der Waals surface area contributed by atoms with E-state index in [9.17, 15) is 9.90 Å². The molecular weight excluding hydrogens is 256 g/mol. The Morgan fingerprint density at radius 2 is 2.10 bits per heavy atom. The van der Waals surface area contributed by atoms with Gasteiger partial charge in [-0.3, -0.25) is 4.79 Å². The predicted molar refractivity (Wildman–Crippen MR) is 77.0 cm³/mol. The number of amides is 1. The van der Waals surface area contributed by atoms with Crippen molar-refractivity contribution in [1.29, 1.82) is 0 Å². The number of benzene rings is 1. The highest BCUT2D eigenvalue weighted by atomic mass is 16.5. The van der Waals surface area contributed by atoms with Gasteiger partial charge < -0.3 is 20.9 Å². The number of aromatic hydroxyl groups is 1. The van der Waals surface area contributed by atoms with Gasteiger partial charge in [-0.25, -0.2) is 0 Å². The fourth-order valence-electron chi connectivity index (χ4n) is 2.61. The highest BCUT2D eigenvalue weighted by Crippen LogP contribution is 2.26. The smallest absolute Gasteiger partial charge is 0.255 e. The van der Waals surface area contributed by atoms with E-state index in [2.05, 4.69) is 5.32 Å². The number of phenols is 1. The number of hydrogen-bond acceptors (Lipinski definition) is 4. The Morgan fingerprint density at radius 3 is 2.75 bits per heavy atom. The average Bonchev–Trinajstić information content (AvgIpc) is 2.46. The van der Waals surface area contributed by atoms with Crippen LogP contribution in [0, 0.1) is 0 Å². The fraction of sp³-hybridized carbons (Fsp3) is 0.533. The van der Waals surface area contributed by atoms with E-state index >= 15 is 0 Å². The minimum absolute atomic E-state index is 0.0574. The highest BCUT2D eigenvalue weighted by molar-refractivity contribution is 5.97. The van der Waals surface area contributed by atoms with Gasteiger partial charge in [0.1, 0.15) is 11.5 Å². The first-order valence-electron chi connectivity index (χ1n) is 6.98. The first-order valence-corrected chi connectivity index (χ1v) is 6.98. The Hall–Kier alpha value is -1.75. The lowest BCUT2D eigenvalue weighted by Gasteiger charge is -2.33. The molecule has 1 aromatic carbocycles. The molecule has 1 aliphatic carbocycles. The Labute approximate surface area is 119 Å². The average molecular weight is 278 g/mol. The van der Waals surface area contributed by atoms with E-state index in [0.29, 0.717) is 12.3 Å². The summed E-state index contributed by atoms with van der Waals surface area (Å²) in [7, 11) is 1.52. The molecule has 0 aromatic heterocycles. The van der Waals surface area contributed by atoms with E-state index < -0.39 is 0 Å². The molecule has 1 aliphatic rings. The third-order valence-corrected chi connectivity index (χ3v) is 3.90. The number of nitrogens with one attached hydrogen (secondary N) is 1. The minimum atomic E-state index is -0.322. The van der Waals surface area contributed by atoms with E-state index in [1.807, 2.05) is 0 Å². The van der Waals surface area contributed by atoms with Gasteiger partial charge in [0.05, 0.1) is 12.7 Å². The van der Waals surface area contributed by atoms with Gasteiger partial charge in [0.15, 0.2) is 0 Å². The van der Waals surface area contributed by atoms with Crippen LogP contribution in [0.3, 0.4) is 0 Å². The Kier molecular flexibility index (Phi) is 4.49. The van der Waals surface area contributed by atoms with Crippen molar-refractivity contribution in [1.82, 2.24) is 5.32 Å². The van der Waals surface area contributed by atoms with E-state index in [-0.39, 0.29) is 22.8 Å². The summed E-state index contributed by atoms with van der Waals surface area (Å²) < 4.78 is 5.06. The highest BCUT2D eigenvalue weighted by Gasteiger charge is 2.28. The topological polar surface area (TPSA) is 84.6 Å². The largest absolute Gasteiger partial charge is 0.507 e. The molecule has 110 valence electrons. The zero-order valence-electron chi connectivity index (χ0n) is 11.8. The van der Waals surface area contributed by atoms with E-state index in [1.165, 1.54) is 25.7 Å². The first kappa shape index (κ1) is 14.7. The lowest BCUT2D eigenvalue weighted by atomic mass is 9.82. The van der Waals surface area contributed by atoms with Crippen LogP contribution in [0.25, 0.3) is 0 Å². The van der Waals surface area contributed by atoms with Crippen LogP contribution in [0.5, 0.6) is 11.5 Å². The second kappa shape index (κ2) is 6.13. The van der Waals surface area contributed by atoms with Crippen LogP contribution in [-0.2, 0) is 0 Å². The van der Waals surface area contributed by atoms with Crippen molar-refractivity contribution in [2.45, 2.75) is 37.6 Å². The zero-order valence-corrected chi connectivity index (χ0v) is 11.8. The van der Waals surface area contributed by atoms with Crippen molar-refractivity contribution >= 4 is 5.91 Å².